The molecule has 6 nitrogen and oxygen atoms in total. The van der Waals surface area contributed by atoms with E-state index in [0.29, 0.717) is 24.6 Å². The summed E-state index contributed by atoms with van der Waals surface area (Å²) in [5.41, 5.74) is 0.282. The van der Waals surface area contributed by atoms with E-state index < -0.39 is 15.8 Å². The van der Waals surface area contributed by atoms with Crippen molar-refractivity contribution in [2.75, 3.05) is 18.4 Å². The summed E-state index contributed by atoms with van der Waals surface area (Å²) in [4.78, 5) is 12.8. The van der Waals surface area contributed by atoms with Crippen LogP contribution in [0.1, 0.15) is 39.5 Å². The van der Waals surface area contributed by atoms with Crippen molar-refractivity contribution in [3.8, 4) is 11.5 Å². The van der Waals surface area contributed by atoms with E-state index in [0.717, 1.165) is 25.7 Å². The summed E-state index contributed by atoms with van der Waals surface area (Å²) in [5, 5.41) is 2.85. The molecule has 1 N–H and O–H groups in total. The van der Waals surface area contributed by atoms with Crippen molar-refractivity contribution in [2.45, 2.75) is 44.4 Å². The van der Waals surface area contributed by atoms with E-state index in [4.69, 9.17) is 4.74 Å². The fraction of sp³-hybridized carbons (Fsp3) is 0.409. The minimum Gasteiger partial charge on any atom is -0.455 e. The minimum absolute atomic E-state index is 0.0828. The highest BCUT2D eigenvalue weighted by atomic mass is 32.2. The molecule has 1 aliphatic rings. The molecule has 1 amide bonds. The second-order valence-electron chi connectivity index (χ2n) is 7.27. The summed E-state index contributed by atoms with van der Waals surface area (Å²) in [6.07, 6.45) is 3.65. The lowest BCUT2D eigenvalue weighted by molar-refractivity contribution is -0.119. The molecule has 0 atom stereocenters. The van der Waals surface area contributed by atoms with E-state index in [2.05, 4.69) is 5.32 Å². The molecule has 162 valence electrons. The van der Waals surface area contributed by atoms with Crippen LogP contribution in [0.25, 0.3) is 0 Å². The van der Waals surface area contributed by atoms with Crippen LogP contribution in [0.4, 0.5) is 10.1 Å². The number of carbonyl (C=O) groups excluding carboxylic acids is 1. The summed E-state index contributed by atoms with van der Waals surface area (Å²) in [6.45, 7) is 4.23. The van der Waals surface area contributed by atoms with Crippen molar-refractivity contribution in [2.24, 2.45) is 5.92 Å². The van der Waals surface area contributed by atoms with E-state index in [-0.39, 0.29) is 22.4 Å². The van der Waals surface area contributed by atoms with Crippen LogP contribution in [-0.4, -0.2) is 31.7 Å². The van der Waals surface area contributed by atoms with Crippen LogP contribution < -0.4 is 10.1 Å². The maximum atomic E-state index is 13.2. The number of rotatable bonds is 8. The van der Waals surface area contributed by atoms with Crippen molar-refractivity contribution in [1.82, 2.24) is 4.31 Å². The second kappa shape index (κ2) is 9.57. The maximum absolute atomic E-state index is 13.2. The number of amides is 1. The Morgan fingerprint density at radius 3 is 2.33 bits per heavy atom. The number of nitrogens with one attached hydrogen (secondary N) is 1. The first kappa shape index (κ1) is 22.2. The smallest absolute Gasteiger partial charge is 0.243 e. The number of hydrogen-bond donors (Lipinski definition) is 1. The normalized spacial score (nSPS) is 14.8. The first-order valence-corrected chi connectivity index (χ1v) is 11.7. The van der Waals surface area contributed by atoms with E-state index in [9.17, 15) is 17.6 Å². The molecule has 2 aromatic carbocycles. The zero-order valence-electron chi connectivity index (χ0n) is 17.2. The lowest BCUT2D eigenvalue weighted by Gasteiger charge is -2.20. The van der Waals surface area contributed by atoms with Gasteiger partial charge in [-0.1, -0.05) is 26.7 Å². The molecular formula is C22H27FN2O4S. The summed E-state index contributed by atoms with van der Waals surface area (Å²) >= 11 is 0. The Labute approximate surface area is 177 Å². The van der Waals surface area contributed by atoms with Gasteiger partial charge in [0.05, 0.1) is 10.6 Å². The Morgan fingerprint density at radius 1 is 1.10 bits per heavy atom. The first-order chi connectivity index (χ1) is 14.3. The number of ether oxygens (including phenoxy) is 1. The molecule has 0 saturated heterocycles. The molecule has 0 heterocycles. The number of benzene rings is 2. The molecule has 1 saturated carbocycles. The SMILES string of the molecule is CCN(CC)S(=O)(=O)c1ccc(Oc2ccc(F)cc2)c(NC(=O)C2CCCC2)c1. The Balaban J connectivity index is 1.96. The van der Waals surface area contributed by atoms with E-state index in [1.807, 2.05) is 0 Å². The van der Waals surface area contributed by atoms with Gasteiger partial charge in [0.1, 0.15) is 11.6 Å². The van der Waals surface area contributed by atoms with Crippen LogP contribution in [0, 0.1) is 11.7 Å². The van der Waals surface area contributed by atoms with Crippen molar-refractivity contribution >= 4 is 21.6 Å². The molecule has 2 aromatic rings. The molecule has 1 fully saturated rings. The number of anilines is 1. The maximum Gasteiger partial charge on any atom is 0.243 e. The molecule has 0 aliphatic heterocycles. The third-order valence-corrected chi connectivity index (χ3v) is 7.37. The Hall–Kier alpha value is -2.45. The zero-order chi connectivity index (χ0) is 21.7. The van der Waals surface area contributed by atoms with Crippen LogP contribution in [0.15, 0.2) is 47.4 Å². The number of nitrogens with zero attached hydrogens (tertiary/aromatic N) is 1. The van der Waals surface area contributed by atoms with E-state index in [1.54, 1.807) is 13.8 Å². The summed E-state index contributed by atoms with van der Waals surface area (Å²) in [5.74, 6) is 0.0527. The highest BCUT2D eigenvalue weighted by molar-refractivity contribution is 7.89. The third kappa shape index (κ3) is 4.99. The van der Waals surface area contributed by atoms with Crippen molar-refractivity contribution in [1.29, 1.82) is 0 Å². The van der Waals surface area contributed by atoms with Gasteiger partial charge in [0.2, 0.25) is 15.9 Å². The molecule has 0 radical (unpaired) electrons. The van der Waals surface area contributed by atoms with Gasteiger partial charge < -0.3 is 10.1 Å². The molecule has 0 aromatic heterocycles. The van der Waals surface area contributed by atoms with Crippen LogP contribution in [0.3, 0.4) is 0 Å². The number of halogens is 1. The number of sulfonamides is 1. The summed E-state index contributed by atoms with van der Waals surface area (Å²) in [7, 11) is -3.70. The Morgan fingerprint density at radius 2 is 1.73 bits per heavy atom. The van der Waals surface area contributed by atoms with Gasteiger partial charge in [-0.3, -0.25) is 4.79 Å². The van der Waals surface area contributed by atoms with E-state index >= 15 is 0 Å². The molecular weight excluding hydrogens is 407 g/mol. The fourth-order valence-electron chi connectivity index (χ4n) is 3.62. The monoisotopic (exact) mass is 434 g/mol. The Kier molecular flexibility index (Phi) is 7.10. The quantitative estimate of drug-likeness (QED) is 0.649. The lowest BCUT2D eigenvalue weighted by Crippen LogP contribution is -2.30. The summed E-state index contributed by atoms with van der Waals surface area (Å²) in [6, 6.07) is 9.88. The van der Waals surface area contributed by atoms with Gasteiger partial charge in [-0.05, 0) is 55.3 Å². The predicted octanol–water partition coefficient (Wildman–Crippen LogP) is 4.78. The van der Waals surface area contributed by atoms with Gasteiger partial charge in [0.15, 0.2) is 5.75 Å². The topological polar surface area (TPSA) is 75.7 Å². The van der Waals surface area contributed by atoms with Gasteiger partial charge in [-0.25, -0.2) is 12.8 Å². The van der Waals surface area contributed by atoms with Crippen LogP contribution >= 0.6 is 0 Å². The van der Waals surface area contributed by atoms with Crippen molar-refractivity contribution < 1.29 is 22.3 Å². The van der Waals surface area contributed by atoms with Crippen LogP contribution in [-0.2, 0) is 14.8 Å². The van der Waals surface area contributed by atoms with Gasteiger partial charge in [0.25, 0.3) is 0 Å². The van der Waals surface area contributed by atoms with Crippen LogP contribution in [0.5, 0.6) is 11.5 Å². The molecule has 1 aliphatic carbocycles. The average molecular weight is 435 g/mol. The van der Waals surface area contributed by atoms with Gasteiger partial charge >= 0.3 is 0 Å². The molecule has 0 bridgehead atoms. The van der Waals surface area contributed by atoms with Crippen molar-refractivity contribution in [3.05, 3.63) is 48.3 Å². The fourth-order valence-corrected chi connectivity index (χ4v) is 5.11. The Bertz CT molecular complexity index is 983. The van der Waals surface area contributed by atoms with Gasteiger partial charge in [-0.2, -0.15) is 4.31 Å². The standard InChI is InChI=1S/C22H27FN2O4S/c1-3-25(4-2)30(27,28)19-13-14-21(29-18-11-9-17(23)10-12-18)20(15-19)24-22(26)16-7-5-6-8-16/h9-16H,3-8H2,1-2H3,(H,24,26). The molecule has 0 spiro atoms. The zero-order valence-corrected chi connectivity index (χ0v) is 18.0. The highest BCUT2D eigenvalue weighted by Crippen LogP contribution is 2.34. The first-order valence-electron chi connectivity index (χ1n) is 10.2. The minimum atomic E-state index is -3.70. The largest absolute Gasteiger partial charge is 0.455 e. The third-order valence-electron chi connectivity index (χ3n) is 5.32. The number of carbonyl (C=O) groups is 1. The predicted molar refractivity (Wildman–Crippen MR) is 114 cm³/mol. The molecule has 0 unspecified atom stereocenters. The van der Waals surface area contributed by atoms with Gasteiger partial charge in [-0.15, -0.1) is 0 Å². The van der Waals surface area contributed by atoms with Gasteiger partial charge in [0, 0.05) is 19.0 Å². The number of hydrogen-bond acceptors (Lipinski definition) is 4. The second-order valence-corrected chi connectivity index (χ2v) is 9.21. The van der Waals surface area contributed by atoms with Crippen LogP contribution in [0.2, 0.25) is 0 Å². The summed E-state index contributed by atoms with van der Waals surface area (Å²) < 4.78 is 46.2. The van der Waals surface area contributed by atoms with Crippen molar-refractivity contribution in [3.63, 3.8) is 0 Å². The lowest BCUT2D eigenvalue weighted by atomic mass is 10.1. The van der Waals surface area contributed by atoms with E-state index in [1.165, 1.54) is 46.8 Å². The molecule has 8 heteroatoms. The average Bonchev–Trinajstić information content (AvgIpc) is 3.26. The molecule has 30 heavy (non-hydrogen) atoms. The molecule has 3 rings (SSSR count). The highest BCUT2D eigenvalue weighted by Gasteiger charge is 2.26.